The van der Waals surface area contributed by atoms with Gasteiger partial charge >= 0.3 is 5.97 Å². The van der Waals surface area contributed by atoms with Crippen molar-refractivity contribution in [3.05, 3.63) is 34.3 Å². The zero-order chi connectivity index (χ0) is 12.3. The first-order valence-corrected chi connectivity index (χ1v) is 6.07. The fourth-order valence-corrected chi connectivity index (χ4v) is 2.06. The van der Waals surface area contributed by atoms with E-state index < -0.39 is 5.97 Å². The molecule has 0 unspecified atom stereocenters. The molecule has 3 heteroatoms. The molecule has 1 atom stereocenters. The molecular formula is C13H17BrO2. The molecule has 0 bridgehead atoms. The molecule has 1 rings (SSSR count). The molecule has 0 aliphatic carbocycles. The van der Waals surface area contributed by atoms with Crippen molar-refractivity contribution in [2.24, 2.45) is 5.41 Å². The summed E-state index contributed by atoms with van der Waals surface area (Å²) in [7, 11) is 0. The van der Waals surface area contributed by atoms with Gasteiger partial charge in [0.15, 0.2) is 0 Å². The van der Waals surface area contributed by atoms with E-state index in [-0.39, 0.29) is 17.8 Å². The van der Waals surface area contributed by atoms with Gasteiger partial charge in [-0.15, -0.1) is 0 Å². The van der Waals surface area contributed by atoms with Crippen molar-refractivity contribution >= 4 is 21.9 Å². The molecule has 0 fully saturated rings. The van der Waals surface area contributed by atoms with Gasteiger partial charge in [-0.05, 0) is 29.0 Å². The predicted molar refractivity (Wildman–Crippen MR) is 68.6 cm³/mol. The highest BCUT2D eigenvalue weighted by Gasteiger charge is 2.28. The second-order valence-corrected chi connectivity index (χ2v) is 5.98. The van der Waals surface area contributed by atoms with E-state index in [9.17, 15) is 4.79 Å². The molecule has 0 spiro atoms. The lowest BCUT2D eigenvalue weighted by atomic mass is 9.75. The average Bonchev–Trinajstić information content (AvgIpc) is 2.14. The lowest BCUT2D eigenvalue weighted by Gasteiger charge is -2.30. The van der Waals surface area contributed by atoms with Gasteiger partial charge in [0.2, 0.25) is 0 Å². The standard InChI is InChI=1S/C13H17BrO2/c1-13(2,3)11(8-12(15)16)9-4-6-10(14)7-5-9/h4-7,11H,8H2,1-3H3,(H,15,16)/t11-/m0/s1. The topological polar surface area (TPSA) is 37.3 Å². The summed E-state index contributed by atoms with van der Waals surface area (Å²) in [6, 6.07) is 7.89. The number of carboxylic acids is 1. The number of hydrogen-bond acceptors (Lipinski definition) is 1. The van der Waals surface area contributed by atoms with Crippen LogP contribution in [0.1, 0.15) is 38.7 Å². The number of hydrogen-bond donors (Lipinski definition) is 1. The summed E-state index contributed by atoms with van der Waals surface area (Å²) in [5.74, 6) is -0.707. The van der Waals surface area contributed by atoms with E-state index in [0.717, 1.165) is 10.0 Å². The number of halogens is 1. The smallest absolute Gasteiger partial charge is 0.303 e. The lowest BCUT2D eigenvalue weighted by Crippen LogP contribution is -2.21. The Hall–Kier alpha value is -0.830. The first-order chi connectivity index (χ1) is 7.30. The zero-order valence-corrected chi connectivity index (χ0v) is 11.4. The molecule has 1 aromatic rings. The molecule has 2 nitrogen and oxygen atoms in total. The summed E-state index contributed by atoms with van der Waals surface area (Å²) in [6.45, 7) is 6.22. The van der Waals surface area contributed by atoms with E-state index in [1.165, 1.54) is 0 Å². The predicted octanol–water partition coefficient (Wildman–Crippen LogP) is 4.05. The van der Waals surface area contributed by atoms with Gasteiger partial charge in [0, 0.05) is 4.47 Å². The minimum Gasteiger partial charge on any atom is -0.481 e. The molecule has 0 aliphatic rings. The van der Waals surface area contributed by atoms with E-state index in [1.807, 2.05) is 24.3 Å². The van der Waals surface area contributed by atoms with Crippen molar-refractivity contribution in [2.45, 2.75) is 33.1 Å². The molecule has 16 heavy (non-hydrogen) atoms. The molecule has 1 N–H and O–H groups in total. The van der Waals surface area contributed by atoms with Crippen molar-refractivity contribution in [1.29, 1.82) is 0 Å². The van der Waals surface area contributed by atoms with Crippen LogP contribution in [-0.2, 0) is 4.79 Å². The molecule has 1 aromatic carbocycles. The Morgan fingerprint density at radius 1 is 1.31 bits per heavy atom. The molecule has 0 amide bonds. The maximum atomic E-state index is 10.9. The Balaban J connectivity index is 3.01. The van der Waals surface area contributed by atoms with Crippen LogP contribution in [0.3, 0.4) is 0 Å². The van der Waals surface area contributed by atoms with Crippen LogP contribution in [0, 0.1) is 5.41 Å². The van der Waals surface area contributed by atoms with Gasteiger partial charge in [-0.2, -0.15) is 0 Å². The Morgan fingerprint density at radius 3 is 2.19 bits per heavy atom. The number of aliphatic carboxylic acids is 1. The number of benzene rings is 1. The van der Waals surface area contributed by atoms with Crippen molar-refractivity contribution in [3.8, 4) is 0 Å². The fourth-order valence-electron chi connectivity index (χ4n) is 1.79. The summed E-state index contributed by atoms with van der Waals surface area (Å²) in [5.41, 5.74) is 1.03. The maximum absolute atomic E-state index is 10.9. The normalized spacial score (nSPS) is 13.5. The SMILES string of the molecule is CC(C)(C)[C@@H](CC(=O)O)c1ccc(Br)cc1. The Kier molecular flexibility index (Phi) is 4.14. The minimum atomic E-state index is -0.747. The van der Waals surface area contributed by atoms with Crippen LogP contribution in [0.2, 0.25) is 0 Å². The van der Waals surface area contributed by atoms with Crippen LogP contribution in [0.15, 0.2) is 28.7 Å². The quantitative estimate of drug-likeness (QED) is 0.909. The van der Waals surface area contributed by atoms with Crippen molar-refractivity contribution < 1.29 is 9.90 Å². The second kappa shape index (κ2) is 5.00. The molecule has 0 heterocycles. The highest BCUT2D eigenvalue weighted by Crippen LogP contribution is 2.37. The summed E-state index contributed by atoms with van der Waals surface area (Å²) in [5, 5.41) is 8.95. The molecule has 0 radical (unpaired) electrons. The summed E-state index contributed by atoms with van der Waals surface area (Å²) < 4.78 is 1.01. The molecule has 0 saturated heterocycles. The molecule has 0 saturated carbocycles. The largest absolute Gasteiger partial charge is 0.481 e. The van der Waals surface area contributed by atoms with Crippen LogP contribution in [0.25, 0.3) is 0 Å². The van der Waals surface area contributed by atoms with E-state index in [4.69, 9.17) is 5.11 Å². The molecule has 0 aromatic heterocycles. The van der Waals surface area contributed by atoms with Crippen molar-refractivity contribution in [2.75, 3.05) is 0 Å². The van der Waals surface area contributed by atoms with Gasteiger partial charge in [-0.3, -0.25) is 4.79 Å². The second-order valence-electron chi connectivity index (χ2n) is 5.07. The van der Waals surface area contributed by atoms with Crippen LogP contribution in [-0.4, -0.2) is 11.1 Å². The Morgan fingerprint density at radius 2 is 1.81 bits per heavy atom. The van der Waals surface area contributed by atoms with E-state index in [0.29, 0.717) is 0 Å². The summed E-state index contributed by atoms with van der Waals surface area (Å²) in [6.07, 6.45) is 0.172. The van der Waals surface area contributed by atoms with E-state index in [1.54, 1.807) is 0 Å². The van der Waals surface area contributed by atoms with Gasteiger partial charge in [-0.1, -0.05) is 48.8 Å². The van der Waals surface area contributed by atoms with Crippen LogP contribution in [0.5, 0.6) is 0 Å². The fraction of sp³-hybridized carbons (Fsp3) is 0.462. The number of carboxylic acid groups (broad SMARTS) is 1. The third kappa shape index (κ3) is 3.63. The molecule has 0 aliphatic heterocycles. The molecule has 88 valence electrons. The van der Waals surface area contributed by atoms with Gasteiger partial charge in [0.25, 0.3) is 0 Å². The monoisotopic (exact) mass is 284 g/mol. The van der Waals surface area contributed by atoms with Crippen LogP contribution < -0.4 is 0 Å². The van der Waals surface area contributed by atoms with Gasteiger partial charge in [-0.25, -0.2) is 0 Å². The van der Waals surface area contributed by atoms with Crippen molar-refractivity contribution in [1.82, 2.24) is 0 Å². The minimum absolute atomic E-state index is 0.0399. The third-order valence-electron chi connectivity index (χ3n) is 2.70. The van der Waals surface area contributed by atoms with Crippen LogP contribution >= 0.6 is 15.9 Å². The highest BCUT2D eigenvalue weighted by atomic mass is 79.9. The number of carbonyl (C=O) groups is 1. The molecular weight excluding hydrogens is 268 g/mol. The van der Waals surface area contributed by atoms with Crippen molar-refractivity contribution in [3.63, 3.8) is 0 Å². The van der Waals surface area contributed by atoms with Gasteiger partial charge in [0.1, 0.15) is 0 Å². The highest BCUT2D eigenvalue weighted by molar-refractivity contribution is 9.10. The van der Waals surface area contributed by atoms with Gasteiger partial charge in [0.05, 0.1) is 6.42 Å². The summed E-state index contributed by atoms with van der Waals surface area (Å²) in [4.78, 5) is 10.9. The van der Waals surface area contributed by atoms with E-state index >= 15 is 0 Å². The third-order valence-corrected chi connectivity index (χ3v) is 3.23. The lowest BCUT2D eigenvalue weighted by molar-refractivity contribution is -0.138. The average molecular weight is 285 g/mol. The number of rotatable bonds is 3. The first kappa shape index (κ1) is 13.2. The van der Waals surface area contributed by atoms with Gasteiger partial charge < -0.3 is 5.11 Å². The first-order valence-electron chi connectivity index (χ1n) is 5.28. The summed E-state index contributed by atoms with van der Waals surface area (Å²) >= 11 is 3.38. The zero-order valence-electron chi connectivity index (χ0n) is 9.83. The Labute approximate surface area is 105 Å². The Bertz CT molecular complexity index is 363. The maximum Gasteiger partial charge on any atom is 0.303 e. The van der Waals surface area contributed by atoms with Crippen LogP contribution in [0.4, 0.5) is 0 Å². The van der Waals surface area contributed by atoms with E-state index in [2.05, 4.69) is 36.7 Å².